The first kappa shape index (κ1) is 20.0. The van der Waals surface area contributed by atoms with Gasteiger partial charge in [0, 0.05) is 13.7 Å². The fraction of sp³-hybridized carbons (Fsp3) is 0.235. The number of carbonyl (C=O) groups excluding carboxylic acids is 1. The van der Waals surface area contributed by atoms with E-state index in [0.29, 0.717) is 18.9 Å². The number of nitrogens with one attached hydrogen (secondary N) is 2. The number of anilines is 1. The number of ether oxygens (including phenoxy) is 2. The fourth-order valence-electron chi connectivity index (χ4n) is 2.15. The third-order valence-electron chi connectivity index (χ3n) is 3.44. The van der Waals surface area contributed by atoms with E-state index in [1.165, 1.54) is 44.6 Å². The quantitative estimate of drug-likeness (QED) is 0.666. The molecule has 7 nitrogen and oxygen atoms in total. The van der Waals surface area contributed by atoms with Crippen molar-refractivity contribution in [3.8, 4) is 5.75 Å². The zero-order valence-electron chi connectivity index (χ0n) is 14.3. The number of halogens is 1. The molecular weight excluding hydrogens is 380 g/mol. The second kappa shape index (κ2) is 8.88. The predicted molar refractivity (Wildman–Crippen MR) is 99.5 cm³/mol. The molecule has 0 fully saturated rings. The Balaban J connectivity index is 2.27. The van der Waals surface area contributed by atoms with Gasteiger partial charge in [0.1, 0.15) is 5.75 Å². The van der Waals surface area contributed by atoms with E-state index in [1.54, 1.807) is 12.1 Å². The smallest absolute Gasteiger partial charge is 0.261 e. The van der Waals surface area contributed by atoms with Crippen LogP contribution in [-0.2, 0) is 14.8 Å². The number of benzene rings is 2. The zero-order chi connectivity index (χ0) is 19.2. The van der Waals surface area contributed by atoms with E-state index in [9.17, 15) is 13.2 Å². The molecule has 0 bridgehead atoms. The molecule has 0 atom stereocenters. The molecule has 2 aromatic rings. The van der Waals surface area contributed by atoms with Gasteiger partial charge >= 0.3 is 0 Å². The lowest BCUT2D eigenvalue weighted by Crippen LogP contribution is -2.28. The Hall–Kier alpha value is -2.29. The third kappa shape index (κ3) is 4.87. The van der Waals surface area contributed by atoms with Crippen LogP contribution in [-0.4, -0.2) is 41.7 Å². The summed E-state index contributed by atoms with van der Waals surface area (Å²) in [6, 6.07) is 10.4. The van der Waals surface area contributed by atoms with Gasteiger partial charge in [0.25, 0.3) is 15.9 Å². The molecule has 0 aliphatic heterocycles. The lowest BCUT2D eigenvalue weighted by Gasteiger charge is -2.13. The lowest BCUT2D eigenvalue weighted by atomic mass is 10.2. The molecule has 0 aliphatic carbocycles. The highest BCUT2D eigenvalue weighted by Crippen LogP contribution is 2.28. The van der Waals surface area contributed by atoms with Crippen LogP contribution in [0.4, 0.5) is 5.69 Å². The Morgan fingerprint density at radius 2 is 1.88 bits per heavy atom. The predicted octanol–water partition coefficient (Wildman–Crippen LogP) is 2.53. The standard InChI is InChI=1S/C17H19ClN2O5S/c1-24-10-9-19-17(21)13-5-3-4-6-15(13)20-26(22,23)12-7-8-16(25-2)14(18)11-12/h3-8,11,20H,9-10H2,1-2H3,(H,19,21). The van der Waals surface area contributed by atoms with Crippen molar-refractivity contribution in [2.45, 2.75) is 4.90 Å². The van der Waals surface area contributed by atoms with Crippen molar-refractivity contribution in [1.29, 1.82) is 0 Å². The van der Waals surface area contributed by atoms with Crippen LogP contribution in [0.3, 0.4) is 0 Å². The summed E-state index contributed by atoms with van der Waals surface area (Å²) in [5.74, 6) is -0.0448. The SMILES string of the molecule is COCCNC(=O)c1ccccc1NS(=O)(=O)c1ccc(OC)c(Cl)c1. The molecule has 0 aliphatic rings. The molecule has 2 aromatic carbocycles. The average Bonchev–Trinajstić information content (AvgIpc) is 2.62. The van der Waals surface area contributed by atoms with Crippen LogP contribution in [0.5, 0.6) is 5.75 Å². The van der Waals surface area contributed by atoms with Gasteiger partial charge in [-0.25, -0.2) is 8.42 Å². The molecule has 26 heavy (non-hydrogen) atoms. The van der Waals surface area contributed by atoms with Crippen LogP contribution in [0, 0.1) is 0 Å². The Morgan fingerprint density at radius 3 is 2.54 bits per heavy atom. The minimum absolute atomic E-state index is 0.0436. The summed E-state index contributed by atoms with van der Waals surface area (Å²) in [6.07, 6.45) is 0. The first-order chi connectivity index (χ1) is 12.4. The van der Waals surface area contributed by atoms with E-state index >= 15 is 0 Å². The maximum absolute atomic E-state index is 12.6. The summed E-state index contributed by atoms with van der Waals surface area (Å²) in [4.78, 5) is 12.2. The van der Waals surface area contributed by atoms with E-state index < -0.39 is 15.9 Å². The van der Waals surface area contributed by atoms with Crippen LogP contribution in [0.1, 0.15) is 10.4 Å². The van der Waals surface area contributed by atoms with E-state index in [-0.39, 0.29) is 21.2 Å². The molecule has 0 aromatic heterocycles. The Morgan fingerprint density at radius 1 is 1.15 bits per heavy atom. The van der Waals surface area contributed by atoms with Gasteiger partial charge in [-0.15, -0.1) is 0 Å². The Labute approximate surface area is 157 Å². The lowest BCUT2D eigenvalue weighted by molar-refractivity contribution is 0.0938. The summed E-state index contributed by atoms with van der Waals surface area (Å²) in [5, 5.41) is 2.82. The number of rotatable bonds is 8. The van der Waals surface area contributed by atoms with Crippen LogP contribution in [0.15, 0.2) is 47.4 Å². The van der Waals surface area contributed by atoms with Gasteiger partial charge in [0.2, 0.25) is 0 Å². The first-order valence-corrected chi connectivity index (χ1v) is 9.47. The molecule has 1 amide bonds. The van der Waals surface area contributed by atoms with E-state index in [2.05, 4.69) is 10.0 Å². The summed E-state index contributed by atoms with van der Waals surface area (Å²) >= 11 is 6.00. The number of sulfonamides is 1. The monoisotopic (exact) mass is 398 g/mol. The molecule has 0 heterocycles. The van der Waals surface area contributed by atoms with Crippen molar-refractivity contribution >= 4 is 33.2 Å². The van der Waals surface area contributed by atoms with Gasteiger partial charge in [0.05, 0.1) is 34.9 Å². The van der Waals surface area contributed by atoms with Crippen LogP contribution < -0.4 is 14.8 Å². The topological polar surface area (TPSA) is 93.7 Å². The second-order valence-electron chi connectivity index (χ2n) is 5.20. The van der Waals surface area contributed by atoms with Gasteiger partial charge < -0.3 is 14.8 Å². The van der Waals surface area contributed by atoms with Crippen molar-refractivity contribution in [2.75, 3.05) is 32.1 Å². The summed E-state index contributed by atoms with van der Waals surface area (Å²) in [6.45, 7) is 0.661. The molecule has 0 saturated heterocycles. The molecule has 0 radical (unpaired) electrons. The molecule has 0 spiro atoms. The van der Waals surface area contributed by atoms with Gasteiger partial charge in [-0.3, -0.25) is 9.52 Å². The minimum atomic E-state index is -3.94. The number of carbonyl (C=O) groups is 1. The van der Waals surface area contributed by atoms with Crippen molar-refractivity contribution in [1.82, 2.24) is 5.32 Å². The van der Waals surface area contributed by atoms with E-state index in [0.717, 1.165) is 0 Å². The third-order valence-corrected chi connectivity index (χ3v) is 5.10. The van der Waals surface area contributed by atoms with E-state index in [4.69, 9.17) is 21.1 Å². The Bertz CT molecular complexity index is 886. The van der Waals surface area contributed by atoms with Crippen molar-refractivity contribution in [3.63, 3.8) is 0 Å². The van der Waals surface area contributed by atoms with Gasteiger partial charge in [-0.2, -0.15) is 0 Å². The van der Waals surface area contributed by atoms with Gasteiger partial charge in [-0.05, 0) is 30.3 Å². The van der Waals surface area contributed by atoms with Crippen LogP contribution >= 0.6 is 11.6 Å². The number of hydrogen-bond acceptors (Lipinski definition) is 5. The largest absolute Gasteiger partial charge is 0.495 e. The average molecular weight is 399 g/mol. The Kier molecular flexibility index (Phi) is 6.84. The van der Waals surface area contributed by atoms with E-state index in [1.807, 2.05) is 0 Å². The van der Waals surface area contributed by atoms with Crippen LogP contribution in [0.2, 0.25) is 5.02 Å². The molecule has 140 valence electrons. The highest BCUT2D eigenvalue weighted by Gasteiger charge is 2.19. The summed E-state index contributed by atoms with van der Waals surface area (Å²) < 4.78 is 37.6. The number of para-hydroxylation sites is 1. The maximum atomic E-state index is 12.6. The highest BCUT2D eigenvalue weighted by atomic mass is 35.5. The molecule has 0 unspecified atom stereocenters. The van der Waals surface area contributed by atoms with Crippen molar-refractivity contribution < 1.29 is 22.7 Å². The maximum Gasteiger partial charge on any atom is 0.261 e. The molecule has 0 saturated carbocycles. The summed E-state index contributed by atoms with van der Waals surface area (Å²) in [5.41, 5.74) is 0.362. The normalized spacial score (nSPS) is 11.0. The highest BCUT2D eigenvalue weighted by molar-refractivity contribution is 7.92. The molecule has 2 rings (SSSR count). The number of hydrogen-bond donors (Lipinski definition) is 2. The molecule has 9 heteroatoms. The number of methoxy groups -OCH3 is 2. The van der Waals surface area contributed by atoms with Gasteiger partial charge in [-0.1, -0.05) is 23.7 Å². The minimum Gasteiger partial charge on any atom is -0.495 e. The van der Waals surface area contributed by atoms with Crippen molar-refractivity contribution in [3.05, 3.63) is 53.1 Å². The zero-order valence-corrected chi connectivity index (χ0v) is 15.9. The number of amides is 1. The first-order valence-electron chi connectivity index (χ1n) is 7.61. The van der Waals surface area contributed by atoms with Gasteiger partial charge in [0.15, 0.2) is 0 Å². The second-order valence-corrected chi connectivity index (χ2v) is 7.29. The molecular formula is C17H19ClN2O5S. The molecule has 2 N–H and O–H groups in total. The summed E-state index contributed by atoms with van der Waals surface area (Å²) in [7, 11) is -0.978. The van der Waals surface area contributed by atoms with Crippen LogP contribution in [0.25, 0.3) is 0 Å². The van der Waals surface area contributed by atoms with Crippen molar-refractivity contribution in [2.24, 2.45) is 0 Å². The fourth-order valence-corrected chi connectivity index (χ4v) is 3.58.